The van der Waals surface area contributed by atoms with Gasteiger partial charge in [-0.3, -0.25) is 4.79 Å². The molecule has 0 saturated carbocycles. The quantitative estimate of drug-likeness (QED) is 0.825. The van der Waals surface area contributed by atoms with Crippen LogP contribution in [0.2, 0.25) is 0 Å². The molecule has 0 spiro atoms. The molecule has 0 atom stereocenters. The first-order valence-corrected chi connectivity index (χ1v) is 9.46. The highest BCUT2D eigenvalue weighted by molar-refractivity contribution is 5.79. The Morgan fingerprint density at radius 1 is 1.00 bits per heavy atom. The zero-order valence-corrected chi connectivity index (χ0v) is 15.3. The third-order valence-electron chi connectivity index (χ3n) is 5.07. The molecule has 0 unspecified atom stereocenters. The standard InChI is InChI=1S/C20H24N4O3/c25-20(24-12-14-26-15-13-24)16-6-10-23(11-7-16)18-19(22-9-8-21-18)27-17-4-2-1-3-5-17/h1-5,8-9,16H,6-7,10-15H2. The summed E-state index contributed by atoms with van der Waals surface area (Å²) in [4.78, 5) is 25.7. The molecule has 4 rings (SSSR count). The molecule has 1 aromatic carbocycles. The number of para-hydroxylation sites is 1. The molecule has 1 aromatic heterocycles. The molecule has 2 fully saturated rings. The number of carbonyl (C=O) groups excluding carboxylic acids is 1. The number of carbonyl (C=O) groups is 1. The maximum Gasteiger partial charge on any atom is 0.263 e. The van der Waals surface area contributed by atoms with E-state index in [4.69, 9.17) is 9.47 Å². The molecule has 0 N–H and O–H groups in total. The lowest BCUT2D eigenvalue weighted by atomic mass is 9.95. The molecule has 2 aromatic rings. The largest absolute Gasteiger partial charge is 0.436 e. The topological polar surface area (TPSA) is 67.8 Å². The van der Waals surface area contributed by atoms with Crippen molar-refractivity contribution in [3.63, 3.8) is 0 Å². The maximum atomic E-state index is 12.7. The first-order chi connectivity index (χ1) is 13.3. The summed E-state index contributed by atoms with van der Waals surface area (Å²) in [5.41, 5.74) is 0. The fraction of sp³-hybridized carbons (Fsp3) is 0.450. The van der Waals surface area contributed by atoms with Crippen molar-refractivity contribution in [3.8, 4) is 11.6 Å². The van der Waals surface area contributed by atoms with E-state index < -0.39 is 0 Å². The van der Waals surface area contributed by atoms with Gasteiger partial charge in [0.05, 0.1) is 13.2 Å². The molecule has 7 heteroatoms. The highest BCUT2D eigenvalue weighted by Crippen LogP contribution is 2.31. The molecule has 0 radical (unpaired) electrons. The van der Waals surface area contributed by atoms with Crippen LogP contribution < -0.4 is 9.64 Å². The molecular formula is C20H24N4O3. The van der Waals surface area contributed by atoms with Crippen LogP contribution in [-0.4, -0.2) is 60.2 Å². The SMILES string of the molecule is O=C(C1CCN(c2nccnc2Oc2ccccc2)CC1)N1CCOCC1. The number of rotatable bonds is 4. The summed E-state index contributed by atoms with van der Waals surface area (Å²) in [5, 5.41) is 0. The van der Waals surface area contributed by atoms with Crippen LogP contribution in [-0.2, 0) is 9.53 Å². The number of aromatic nitrogens is 2. The van der Waals surface area contributed by atoms with Gasteiger partial charge in [-0.1, -0.05) is 18.2 Å². The number of hydrogen-bond acceptors (Lipinski definition) is 6. The molecular weight excluding hydrogens is 344 g/mol. The van der Waals surface area contributed by atoms with Crippen molar-refractivity contribution in [1.29, 1.82) is 0 Å². The van der Waals surface area contributed by atoms with Crippen molar-refractivity contribution in [2.24, 2.45) is 5.92 Å². The number of benzene rings is 1. The predicted octanol–water partition coefficient (Wildman–Crippen LogP) is 2.34. The molecule has 2 aliphatic rings. The molecule has 2 saturated heterocycles. The zero-order chi connectivity index (χ0) is 18.5. The highest BCUT2D eigenvalue weighted by atomic mass is 16.5. The number of hydrogen-bond donors (Lipinski definition) is 0. The van der Waals surface area contributed by atoms with Crippen molar-refractivity contribution in [1.82, 2.24) is 14.9 Å². The van der Waals surface area contributed by atoms with E-state index in [-0.39, 0.29) is 11.8 Å². The first kappa shape index (κ1) is 17.7. The van der Waals surface area contributed by atoms with E-state index in [1.165, 1.54) is 0 Å². The van der Waals surface area contributed by atoms with Crippen LogP contribution in [0.25, 0.3) is 0 Å². The van der Waals surface area contributed by atoms with Gasteiger partial charge < -0.3 is 19.3 Å². The monoisotopic (exact) mass is 368 g/mol. The Balaban J connectivity index is 1.40. The Kier molecular flexibility index (Phi) is 5.48. The lowest BCUT2D eigenvalue weighted by Gasteiger charge is -2.36. The molecule has 3 heterocycles. The number of ether oxygens (including phenoxy) is 2. The zero-order valence-electron chi connectivity index (χ0n) is 15.3. The van der Waals surface area contributed by atoms with Crippen LogP contribution in [0.5, 0.6) is 11.6 Å². The summed E-state index contributed by atoms with van der Waals surface area (Å²) in [6.07, 6.45) is 4.95. The Morgan fingerprint density at radius 2 is 1.70 bits per heavy atom. The lowest BCUT2D eigenvalue weighted by molar-refractivity contribution is -0.140. The summed E-state index contributed by atoms with van der Waals surface area (Å²) in [6, 6.07) is 9.58. The Hall–Kier alpha value is -2.67. The molecule has 7 nitrogen and oxygen atoms in total. The first-order valence-electron chi connectivity index (χ1n) is 9.46. The number of amides is 1. The van der Waals surface area contributed by atoms with E-state index in [1.807, 2.05) is 35.2 Å². The Labute approximate surface area is 158 Å². The minimum Gasteiger partial charge on any atom is -0.436 e. The van der Waals surface area contributed by atoms with Crippen molar-refractivity contribution in [2.45, 2.75) is 12.8 Å². The summed E-state index contributed by atoms with van der Waals surface area (Å²) in [7, 11) is 0. The van der Waals surface area contributed by atoms with Gasteiger partial charge in [-0.2, -0.15) is 0 Å². The molecule has 27 heavy (non-hydrogen) atoms. The van der Waals surface area contributed by atoms with Crippen LogP contribution in [0, 0.1) is 5.92 Å². The molecule has 0 aliphatic carbocycles. The molecule has 1 amide bonds. The average Bonchev–Trinajstić information content (AvgIpc) is 2.75. The van der Waals surface area contributed by atoms with Gasteiger partial charge in [0.1, 0.15) is 5.75 Å². The van der Waals surface area contributed by atoms with Gasteiger partial charge in [-0.25, -0.2) is 9.97 Å². The summed E-state index contributed by atoms with van der Waals surface area (Å²) in [6.45, 7) is 4.24. The maximum absolute atomic E-state index is 12.7. The van der Waals surface area contributed by atoms with Gasteiger partial charge in [-0.15, -0.1) is 0 Å². The van der Waals surface area contributed by atoms with Crippen molar-refractivity contribution < 1.29 is 14.3 Å². The average molecular weight is 368 g/mol. The number of piperidine rings is 1. The summed E-state index contributed by atoms with van der Waals surface area (Å²) in [5.74, 6) is 2.31. The van der Waals surface area contributed by atoms with E-state index in [0.29, 0.717) is 32.2 Å². The predicted molar refractivity (Wildman–Crippen MR) is 101 cm³/mol. The Bertz CT molecular complexity index is 757. The van der Waals surface area contributed by atoms with Gasteiger partial charge in [0.2, 0.25) is 5.91 Å². The number of nitrogens with zero attached hydrogens (tertiary/aromatic N) is 4. The third-order valence-corrected chi connectivity index (χ3v) is 5.07. The summed E-state index contributed by atoms with van der Waals surface area (Å²) >= 11 is 0. The Morgan fingerprint density at radius 3 is 2.44 bits per heavy atom. The van der Waals surface area contributed by atoms with E-state index >= 15 is 0 Å². The van der Waals surface area contributed by atoms with Gasteiger partial charge >= 0.3 is 0 Å². The van der Waals surface area contributed by atoms with E-state index in [0.717, 1.165) is 37.5 Å². The normalized spacial score (nSPS) is 18.4. The van der Waals surface area contributed by atoms with Gasteiger partial charge in [0.25, 0.3) is 5.88 Å². The third kappa shape index (κ3) is 4.19. The van der Waals surface area contributed by atoms with Crippen LogP contribution in [0.1, 0.15) is 12.8 Å². The van der Waals surface area contributed by atoms with Crippen LogP contribution in [0.4, 0.5) is 5.82 Å². The fourth-order valence-corrected chi connectivity index (χ4v) is 3.59. The second-order valence-corrected chi connectivity index (χ2v) is 6.80. The fourth-order valence-electron chi connectivity index (χ4n) is 3.59. The molecule has 142 valence electrons. The molecule has 2 aliphatic heterocycles. The van der Waals surface area contributed by atoms with Gasteiger partial charge in [0.15, 0.2) is 5.82 Å². The molecule has 0 bridgehead atoms. The van der Waals surface area contributed by atoms with Crippen molar-refractivity contribution in [3.05, 3.63) is 42.7 Å². The smallest absolute Gasteiger partial charge is 0.263 e. The second-order valence-electron chi connectivity index (χ2n) is 6.80. The van der Waals surface area contributed by atoms with Gasteiger partial charge in [0, 0.05) is 44.5 Å². The van der Waals surface area contributed by atoms with E-state index in [2.05, 4.69) is 14.9 Å². The van der Waals surface area contributed by atoms with Crippen LogP contribution >= 0.6 is 0 Å². The van der Waals surface area contributed by atoms with E-state index in [1.54, 1.807) is 12.4 Å². The van der Waals surface area contributed by atoms with Crippen molar-refractivity contribution >= 4 is 11.7 Å². The van der Waals surface area contributed by atoms with Crippen molar-refractivity contribution in [2.75, 3.05) is 44.3 Å². The van der Waals surface area contributed by atoms with Crippen LogP contribution in [0.3, 0.4) is 0 Å². The highest BCUT2D eigenvalue weighted by Gasteiger charge is 2.30. The summed E-state index contributed by atoms with van der Waals surface area (Å²) < 4.78 is 11.3. The minimum absolute atomic E-state index is 0.0783. The van der Waals surface area contributed by atoms with Crippen LogP contribution in [0.15, 0.2) is 42.7 Å². The van der Waals surface area contributed by atoms with E-state index in [9.17, 15) is 4.79 Å². The second kappa shape index (κ2) is 8.35. The lowest BCUT2D eigenvalue weighted by Crippen LogP contribution is -2.47. The number of morpholine rings is 1. The van der Waals surface area contributed by atoms with Gasteiger partial charge in [-0.05, 0) is 25.0 Å². The number of anilines is 1. The minimum atomic E-state index is 0.0783.